The largest absolute Gasteiger partial charge is 0.366 e. The summed E-state index contributed by atoms with van der Waals surface area (Å²) in [4.78, 5) is 2.45. The van der Waals surface area contributed by atoms with Gasteiger partial charge in [-0.05, 0) is 32.0 Å². The number of rotatable bonds is 4. The van der Waals surface area contributed by atoms with Gasteiger partial charge in [-0.2, -0.15) is 10.4 Å². The first-order valence-electron chi connectivity index (χ1n) is 6.05. The third-order valence-corrected chi connectivity index (χ3v) is 3.25. The van der Waals surface area contributed by atoms with Crippen LogP contribution < -0.4 is 5.32 Å². The summed E-state index contributed by atoms with van der Waals surface area (Å²) in [6.45, 7) is 5.27. The normalized spacial score (nSPS) is 20.1. The summed E-state index contributed by atoms with van der Waals surface area (Å²) in [6.07, 6.45) is 4.01. The van der Waals surface area contributed by atoms with Gasteiger partial charge in [0, 0.05) is 12.6 Å². The maximum Gasteiger partial charge on any atom is 0.166 e. The second kappa shape index (κ2) is 5.60. The van der Waals surface area contributed by atoms with Crippen LogP contribution >= 0.6 is 0 Å². The van der Waals surface area contributed by atoms with Crippen LogP contribution in [-0.2, 0) is 0 Å². The van der Waals surface area contributed by atoms with Gasteiger partial charge in [0.1, 0.15) is 6.07 Å². The van der Waals surface area contributed by atoms with E-state index in [0.717, 1.165) is 13.1 Å². The standard InChI is InChI=1S/C12H17N5/c1-2-17-7-3-4-11(17)9-14-12-10(8-13)5-6-15-16-12/h5-6,11H,2-4,7,9H2,1H3,(H,14,16). The highest BCUT2D eigenvalue weighted by molar-refractivity contribution is 5.50. The molecule has 17 heavy (non-hydrogen) atoms. The molecule has 1 saturated heterocycles. The summed E-state index contributed by atoms with van der Waals surface area (Å²) < 4.78 is 0. The van der Waals surface area contributed by atoms with E-state index in [0.29, 0.717) is 17.4 Å². The van der Waals surface area contributed by atoms with Crippen molar-refractivity contribution >= 4 is 5.82 Å². The van der Waals surface area contributed by atoms with E-state index >= 15 is 0 Å². The van der Waals surface area contributed by atoms with Crippen LogP contribution in [0, 0.1) is 11.3 Å². The fourth-order valence-corrected chi connectivity index (χ4v) is 2.31. The van der Waals surface area contributed by atoms with E-state index in [1.165, 1.54) is 25.6 Å². The molecule has 1 aliphatic heterocycles. The van der Waals surface area contributed by atoms with Crippen LogP contribution in [-0.4, -0.2) is 40.8 Å². The molecule has 0 aromatic carbocycles. The molecule has 0 amide bonds. The van der Waals surface area contributed by atoms with Gasteiger partial charge >= 0.3 is 0 Å². The van der Waals surface area contributed by atoms with Crippen LogP contribution in [0.4, 0.5) is 5.82 Å². The van der Waals surface area contributed by atoms with Crippen LogP contribution in [0.15, 0.2) is 12.3 Å². The molecule has 0 aliphatic carbocycles. The van der Waals surface area contributed by atoms with Gasteiger partial charge in [-0.1, -0.05) is 6.92 Å². The Bertz CT molecular complexity index is 412. The molecule has 2 rings (SSSR count). The molecule has 0 saturated carbocycles. The van der Waals surface area contributed by atoms with Crippen molar-refractivity contribution in [2.75, 3.05) is 25.0 Å². The van der Waals surface area contributed by atoms with Crippen molar-refractivity contribution in [3.8, 4) is 6.07 Å². The number of hydrogen-bond donors (Lipinski definition) is 1. The summed E-state index contributed by atoms with van der Waals surface area (Å²) in [5, 5.41) is 19.9. The average molecular weight is 231 g/mol. The third-order valence-electron chi connectivity index (χ3n) is 3.25. The predicted molar refractivity (Wildman–Crippen MR) is 65.5 cm³/mol. The highest BCUT2D eigenvalue weighted by Crippen LogP contribution is 2.17. The molecule has 0 spiro atoms. The van der Waals surface area contributed by atoms with Gasteiger partial charge < -0.3 is 5.32 Å². The minimum Gasteiger partial charge on any atom is -0.366 e. The quantitative estimate of drug-likeness (QED) is 0.844. The van der Waals surface area contributed by atoms with Crippen LogP contribution in [0.3, 0.4) is 0 Å². The highest BCUT2D eigenvalue weighted by atomic mass is 15.2. The molecule has 0 bridgehead atoms. The van der Waals surface area contributed by atoms with Gasteiger partial charge in [0.15, 0.2) is 5.82 Å². The number of hydrogen-bond acceptors (Lipinski definition) is 5. The second-order valence-electron chi connectivity index (χ2n) is 4.21. The molecule has 1 aromatic rings. The molecule has 1 aliphatic rings. The van der Waals surface area contributed by atoms with E-state index in [2.05, 4.69) is 33.4 Å². The predicted octanol–water partition coefficient (Wildman–Crippen LogP) is 1.24. The number of anilines is 1. The van der Waals surface area contributed by atoms with Crippen molar-refractivity contribution < 1.29 is 0 Å². The zero-order valence-electron chi connectivity index (χ0n) is 10.1. The molecule has 5 nitrogen and oxygen atoms in total. The van der Waals surface area contributed by atoms with E-state index in [1.54, 1.807) is 6.07 Å². The maximum atomic E-state index is 8.94. The van der Waals surface area contributed by atoms with Crippen molar-refractivity contribution in [3.05, 3.63) is 17.8 Å². The Kier molecular flexibility index (Phi) is 3.89. The first kappa shape index (κ1) is 11.8. The number of likely N-dealkylation sites (N-methyl/N-ethyl adjacent to an activating group) is 1. The highest BCUT2D eigenvalue weighted by Gasteiger charge is 2.22. The van der Waals surface area contributed by atoms with Crippen molar-refractivity contribution in [2.24, 2.45) is 0 Å². The summed E-state index contributed by atoms with van der Waals surface area (Å²) in [7, 11) is 0. The molecular formula is C12H17N5. The summed E-state index contributed by atoms with van der Waals surface area (Å²) >= 11 is 0. The van der Waals surface area contributed by atoms with Gasteiger partial charge in [0.2, 0.25) is 0 Å². The number of nitrogens with one attached hydrogen (secondary N) is 1. The van der Waals surface area contributed by atoms with Gasteiger partial charge in [0.25, 0.3) is 0 Å². The topological polar surface area (TPSA) is 64.8 Å². The molecule has 2 heterocycles. The van der Waals surface area contributed by atoms with E-state index in [-0.39, 0.29) is 0 Å². The molecule has 1 atom stereocenters. The van der Waals surface area contributed by atoms with Crippen molar-refractivity contribution in [3.63, 3.8) is 0 Å². The van der Waals surface area contributed by atoms with Gasteiger partial charge in [-0.15, -0.1) is 5.10 Å². The van der Waals surface area contributed by atoms with Gasteiger partial charge in [-0.3, -0.25) is 4.90 Å². The Morgan fingerprint density at radius 3 is 3.29 bits per heavy atom. The van der Waals surface area contributed by atoms with E-state index in [9.17, 15) is 0 Å². The minimum absolute atomic E-state index is 0.550. The lowest BCUT2D eigenvalue weighted by molar-refractivity contribution is 0.277. The molecule has 5 heteroatoms. The summed E-state index contributed by atoms with van der Waals surface area (Å²) in [5.41, 5.74) is 0.557. The van der Waals surface area contributed by atoms with E-state index in [1.807, 2.05) is 0 Å². The molecule has 0 radical (unpaired) electrons. The lowest BCUT2D eigenvalue weighted by atomic mass is 10.2. The average Bonchev–Trinajstić information content (AvgIpc) is 2.84. The third kappa shape index (κ3) is 2.71. The summed E-state index contributed by atoms with van der Waals surface area (Å²) in [5.74, 6) is 0.595. The molecule has 1 aromatic heterocycles. The second-order valence-corrected chi connectivity index (χ2v) is 4.21. The lowest BCUT2D eigenvalue weighted by Crippen LogP contribution is -2.34. The zero-order chi connectivity index (χ0) is 12.1. The fraction of sp³-hybridized carbons (Fsp3) is 0.583. The first-order valence-corrected chi connectivity index (χ1v) is 6.05. The molecule has 1 N–H and O–H groups in total. The minimum atomic E-state index is 0.550. The van der Waals surface area contributed by atoms with Gasteiger partial charge in [-0.25, -0.2) is 0 Å². The van der Waals surface area contributed by atoms with Crippen molar-refractivity contribution in [2.45, 2.75) is 25.8 Å². The Morgan fingerprint density at radius 1 is 1.65 bits per heavy atom. The van der Waals surface area contributed by atoms with Crippen molar-refractivity contribution in [1.82, 2.24) is 15.1 Å². The molecule has 1 unspecified atom stereocenters. The number of nitriles is 1. The Balaban J connectivity index is 1.96. The SMILES string of the molecule is CCN1CCCC1CNc1nnccc1C#N. The van der Waals surface area contributed by atoms with Crippen LogP contribution in [0.1, 0.15) is 25.3 Å². The van der Waals surface area contributed by atoms with Crippen molar-refractivity contribution in [1.29, 1.82) is 5.26 Å². The zero-order valence-corrected chi connectivity index (χ0v) is 10.1. The Labute approximate surface area is 101 Å². The first-order chi connectivity index (χ1) is 8.35. The Morgan fingerprint density at radius 2 is 2.53 bits per heavy atom. The van der Waals surface area contributed by atoms with Crippen LogP contribution in [0.25, 0.3) is 0 Å². The molecule has 1 fully saturated rings. The summed E-state index contributed by atoms with van der Waals surface area (Å²) in [6, 6.07) is 4.35. The smallest absolute Gasteiger partial charge is 0.166 e. The number of nitrogens with zero attached hydrogens (tertiary/aromatic N) is 4. The Hall–Kier alpha value is -1.67. The maximum absolute atomic E-state index is 8.94. The lowest BCUT2D eigenvalue weighted by Gasteiger charge is -2.23. The number of aromatic nitrogens is 2. The monoisotopic (exact) mass is 231 g/mol. The van der Waals surface area contributed by atoms with Crippen LogP contribution in [0.5, 0.6) is 0 Å². The van der Waals surface area contributed by atoms with E-state index < -0.39 is 0 Å². The fourth-order valence-electron chi connectivity index (χ4n) is 2.31. The molecular weight excluding hydrogens is 214 g/mol. The molecule has 90 valence electrons. The van der Waals surface area contributed by atoms with E-state index in [4.69, 9.17) is 5.26 Å². The van der Waals surface area contributed by atoms with Gasteiger partial charge in [0.05, 0.1) is 11.8 Å². The van der Waals surface area contributed by atoms with Crippen LogP contribution in [0.2, 0.25) is 0 Å². The number of likely N-dealkylation sites (tertiary alicyclic amines) is 1.